The summed E-state index contributed by atoms with van der Waals surface area (Å²) >= 11 is 0. The van der Waals surface area contributed by atoms with Gasteiger partial charge in [0, 0.05) is 18.4 Å². The van der Waals surface area contributed by atoms with E-state index in [0.717, 1.165) is 11.3 Å². The lowest BCUT2D eigenvalue weighted by Crippen LogP contribution is -2.27. The topological polar surface area (TPSA) is 110 Å². The number of carbonyl (C=O) groups is 2. The van der Waals surface area contributed by atoms with E-state index in [2.05, 4.69) is 25.9 Å². The van der Waals surface area contributed by atoms with E-state index in [1.165, 1.54) is 0 Å². The number of hydrogen-bond donors (Lipinski definition) is 2. The molecule has 2 rings (SSSR count). The number of aromatic nitrogens is 4. The number of nitrogens with one attached hydrogen (secondary N) is 2. The lowest BCUT2D eigenvalue weighted by Gasteiger charge is -2.10. The third-order valence-electron chi connectivity index (χ3n) is 3.50. The van der Waals surface area contributed by atoms with E-state index in [-0.39, 0.29) is 30.6 Å². The van der Waals surface area contributed by atoms with Crippen LogP contribution in [-0.2, 0) is 4.79 Å². The van der Waals surface area contributed by atoms with Gasteiger partial charge in [-0.2, -0.15) is 5.21 Å². The van der Waals surface area contributed by atoms with Crippen LogP contribution in [0, 0.1) is 6.92 Å². The van der Waals surface area contributed by atoms with Gasteiger partial charge in [-0.25, -0.2) is 0 Å². The van der Waals surface area contributed by atoms with Crippen LogP contribution in [-0.4, -0.2) is 38.9 Å². The lowest BCUT2D eigenvalue weighted by atomic mass is 10.0. The van der Waals surface area contributed by atoms with E-state index in [0.29, 0.717) is 18.0 Å². The highest BCUT2D eigenvalue weighted by molar-refractivity contribution is 5.98. The minimum atomic E-state index is -0.362. The van der Waals surface area contributed by atoms with Crippen LogP contribution in [0.4, 0.5) is 0 Å². The zero-order valence-electron chi connectivity index (χ0n) is 14.0. The van der Waals surface area contributed by atoms with Crippen molar-refractivity contribution >= 4 is 11.7 Å². The predicted octanol–water partition coefficient (Wildman–Crippen LogP) is 1.75. The van der Waals surface area contributed by atoms with Crippen molar-refractivity contribution in [2.45, 2.75) is 39.7 Å². The van der Waals surface area contributed by atoms with Crippen LogP contribution in [0.15, 0.2) is 18.2 Å². The molecule has 1 amide bonds. The van der Waals surface area contributed by atoms with Gasteiger partial charge in [0.15, 0.2) is 11.6 Å². The number of rotatable bonds is 8. The van der Waals surface area contributed by atoms with Gasteiger partial charge in [0.25, 0.3) is 0 Å². The van der Waals surface area contributed by atoms with E-state index < -0.39 is 0 Å². The summed E-state index contributed by atoms with van der Waals surface area (Å²) in [4.78, 5) is 24.1. The molecule has 8 heteroatoms. The SMILES string of the molecule is CCOc1ccc(C(=O)CCC(=O)NC(C)c2nn[nH]n2)cc1C. The number of aryl methyl sites for hydroxylation is 1. The van der Waals surface area contributed by atoms with Gasteiger partial charge in [-0.1, -0.05) is 5.21 Å². The second-order valence-corrected chi connectivity index (χ2v) is 5.40. The second kappa shape index (κ2) is 8.19. The van der Waals surface area contributed by atoms with Crippen molar-refractivity contribution in [1.29, 1.82) is 0 Å². The second-order valence-electron chi connectivity index (χ2n) is 5.40. The Balaban J connectivity index is 1.86. The number of Topliss-reactive ketones (excluding diaryl/α,β-unsaturated/α-hetero) is 1. The van der Waals surface area contributed by atoms with E-state index in [4.69, 9.17) is 4.74 Å². The molecule has 0 aliphatic carbocycles. The summed E-state index contributed by atoms with van der Waals surface area (Å²) in [6, 6.07) is 4.93. The van der Waals surface area contributed by atoms with Crippen LogP contribution in [0.2, 0.25) is 0 Å². The van der Waals surface area contributed by atoms with Gasteiger partial charge in [-0.15, -0.1) is 10.2 Å². The first-order valence-electron chi connectivity index (χ1n) is 7.80. The molecule has 0 spiro atoms. The fourth-order valence-electron chi connectivity index (χ4n) is 2.24. The Morgan fingerprint density at radius 2 is 2.12 bits per heavy atom. The number of ketones is 1. The smallest absolute Gasteiger partial charge is 0.221 e. The quantitative estimate of drug-likeness (QED) is 0.713. The first kappa shape index (κ1) is 17.6. The summed E-state index contributed by atoms with van der Waals surface area (Å²) in [6.45, 7) is 6.13. The van der Waals surface area contributed by atoms with Crippen LogP contribution in [0.1, 0.15) is 54.5 Å². The molecular formula is C16H21N5O3. The number of tetrazole rings is 1. The molecule has 1 aromatic carbocycles. The van der Waals surface area contributed by atoms with Crippen LogP contribution < -0.4 is 10.1 Å². The number of hydrogen-bond acceptors (Lipinski definition) is 6. The van der Waals surface area contributed by atoms with Crippen LogP contribution in [0.5, 0.6) is 5.75 Å². The van der Waals surface area contributed by atoms with Crippen molar-refractivity contribution in [1.82, 2.24) is 25.9 Å². The Labute approximate surface area is 140 Å². The Kier molecular flexibility index (Phi) is 6.00. The Morgan fingerprint density at radius 1 is 1.33 bits per heavy atom. The van der Waals surface area contributed by atoms with Gasteiger partial charge in [-0.3, -0.25) is 9.59 Å². The van der Waals surface area contributed by atoms with Crippen molar-refractivity contribution in [2.75, 3.05) is 6.61 Å². The molecule has 2 N–H and O–H groups in total. The van der Waals surface area contributed by atoms with Gasteiger partial charge in [0.2, 0.25) is 5.91 Å². The normalized spacial score (nSPS) is 11.8. The standard InChI is InChI=1S/C16H21N5O3/c1-4-24-14-7-5-12(9-10(14)2)13(22)6-8-15(23)17-11(3)16-18-20-21-19-16/h5,7,9,11H,4,6,8H2,1-3H3,(H,17,23)(H,18,19,20,21). The van der Waals surface area contributed by atoms with Crippen molar-refractivity contribution < 1.29 is 14.3 Å². The average Bonchev–Trinajstić information content (AvgIpc) is 3.09. The van der Waals surface area contributed by atoms with Gasteiger partial charge in [0.05, 0.1) is 12.6 Å². The highest BCUT2D eigenvalue weighted by Gasteiger charge is 2.15. The van der Waals surface area contributed by atoms with Crippen molar-refractivity contribution in [2.24, 2.45) is 0 Å². The Morgan fingerprint density at radius 3 is 2.75 bits per heavy atom. The average molecular weight is 331 g/mol. The van der Waals surface area contributed by atoms with Gasteiger partial charge >= 0.3 is 0 Å². The zero-order chi connectivity index (χ0) is 17.5. The summed E-state index contributed by atoms with van der Waals surface area (Å²) in [5.41, 5.74) is 1.48. The van der Waals surface area contributed by atoms with E-state index >= 15 is 0 Å². The van der Waals surface area contributed by atoms with Gasteiger partial charge < -0.3 is 10.1 Å². The van der Waals surface area contributed by atoms with E-state index in [1.807, 2.05) is 13.8 Å². The van der Waals surface area contributed by atoms with Crippen molar-refractivity contribution in [3.63, 3.8) is 0 Å². The maximum atomic E-state index is 12.2. The highest BCUT2D eigenvalue weighted by Crippen LogP contribution is 2.20. The molecule has 0 saturated heterocycles. The third kappa shape index (κ3) is 4.61. The molecule has 0 aliphatic heterocycles. The summed E-state index contributed by atoms with van der Waals surface area (Å²) in [7, 11) is 0. The first-order valence-corrected chi connectivity index (χ1v) is 7.80. The molecule has 24 heavy (non-hydrogen) atoms. The minimum Gasteiger partial charge on any atom is -0.494 e. The van der Waals surface area contributed by atoms with E-state index in [1.54, 1.807) is 25.1 Å². The van der Waals surface area contributed by atoms with Crippen molar-refractivity contribution in [3.05, 3.63) is 35.2 Å². The molecule has 1 atom stereocenters. The number of nitrogens with zero attached hydrogens (tertiary/aromatic N) is 3. The molecular weight excluding hydrogens is 310 g/mol. The van der Waals surface area contributed by atoms with Crippen LogP contribution >= 0.6 is 0 Å². The number of amides is 1. The number of ether oxygens (including phenoxy) is 1. The van der Waals surface area contributed by atoms with Gasteiger partial charge in [0.1, 0.15) is 5.75 Å². The number of aromatic amines is 1. The first-order chi connectivity index (χ1) is 11.5. The number of carbonyl (C=O) groups excluding carboxylic acids is 2. The molecule has 2 aromatic rings. The van der Waals surface area contributed by atoms with Crippen LogP contribution in [0.3, 0.4) is 0 Å². The van der Waals surface area contributed by atoms with Crippen LogP contribution in [0.25, 0.3) is 0 Å². The molecule has 0 saturated carbocycles. The molecule has 0 radical (unpaired) electrons. The molecule has 8 nitrogen and oxygen atoms in total. The number of benzene rings is 1. The highest BCUT2D eigenvalue weighted by atomic mass is 16.5. The third-order valence-corrected chi connectivity index (χ3v) is 3.50. The predicted molar refractivity (Wildman–Crippen MR) is 86.6 cm³/mol. The molecule has 128 valence electrons. The fourth-order valence-corrected chi connectivity index (χ4v) is 2.24. The maximum Gasteiger partial charge on any atom is 0.221 e. The number of H-pyrrole nitrogens is 1. The largest absolute Gasteiger partial charge is 0.494 e. The molecule has 0 aliphatic rings. The lowest BCUT2D eigenvalue weighted by molar-refractivity contribution is -0.121. The molecule has 1 aromatic heterocycles. The van der Waals surface area contributed by atoms with Crippen molar-refractivity contribution in [3.8, 4) is 5.75 Å². The monoisotopic (exact) mass is 331 g/mol. The zero-order valence-corrected chi connectivity index (χ0v) is 14.0. The van der Waals surface area contributed by atoms with Gasteiger partial charge in [-0.05, 0) is 44.5 Å². The summed E-state index contributed by atoms with van der Waals surface area (Å²) < 4.78 is 5.45. The molecule has 0 fully saturated rings. The Bertz CT molecular complexity index is 700. The minimum absolute atomic E-state index is 0.0801. The maximum absolute atomic E-state index is 12.2. The Hall–Kier alpha value is -2.77. The fraction of sp³-hybridized carbons (Fsp3) is 0.438. The summed E-state index contributed by atoms with van der Waals surface area (Å²) in [6.07, 6.45) is 0.242. The summed E-state index contributed by atoms with van der Waals surface area (Å²) in [5.74, 6) is 0.851. The van der Waals surface area contributed by atoms with E-state index in [9.17, 15) is 9.59 Å². The molecule has 1 heterocycles. The summed E-state index contributed by atoms with van der Waals surface area (Å²) in [5, 5.41) is 16.1. The molecule has 1 unspecified atom stereocenters. The molecule has 0 bridgehead atoms.